The molecule has 22 N–H and O–H groups in total. The third kappa shape index (κ3) is 19.1. The van der Waals surface area contributed by atoms with Crippen molar-refractivity contribution in [2.75, 3.05) is 39.6 Å². The maximum Gasteiger partial charge on any atom is 0.397 e. The maximum absolute atomic E-state index is 13.1. The third-order valence-corrected chi connectivity index (χ3v) is 15.5. The second-order valence-corrected chi connectivity index (χ2v) is 23.4. The third-order valence-electron chi connectivity index (χ3n) is 14.6. The number of aliphatic hydroxyl groups excluding tert-OH is 16. The quantitative estimate of drug-likeness (QED) is 0.0309. The largest absolute Gasteiger partial charge is 0.477 e. The molecule has 0 aliphatic carbocycles. The molecule has 42 nitrogen and oxygen atoms in total. The SMILES string of the molecule is CC(=O)N[C@H]1[C@H](O[C@H]2[C@@H](O)[C@@H](CO)O[C@@H](O[C@@H]([C@H](O[C@@H]3O[C@@H](C)[C@@H](O)[C@@H](O)[C@@H]3O)[C@H](CO)NC(C)=O)[C@H](O)COS(=O)(=O)O)[C@@H]2O)O[C@H](COS(=O)(=O)O)[C@@H](O[C@@H]2O[C@H](CO)[C@H](O)[C@H](O[C@]3(C(=O)O)C[C@H](O)[C@@H](NC(C)=O)[C@H]([C@H](O)[C@H](O)CO)O3)[C@H]2O)[C@@H]1O. The standard InChI is InChI=1S/C45H77N3O39S2/c1-12-25(59)30(64)31(65)41(78-12)82-34(16(6-49)46-13(2)53)35(19(58)10-76-88(70,71)72)83-42-32(66)38(27(61)20(8-51)79-42)85-40-24(48-15(4)55)29(63)36(22(81-40)11-77-89(73,74)75)84-43-33(67)39(28(62)21(9-52)80-43)87-45(44(68)69)5-17(56)23(47-14(3)54)37(86-45)26(60)18(57)7-50/h12,16-43,49-52,56-67H,5-11H2,1-4H3,(H,46,53)(H,47,54)(H,48,55)(H,68,69)(H,70,71,72)(H,73,74,75)/t12-,16-,17-,18+,19+,20+,21+,22+,23+,24+,25+,26+,27-,28-,29+,30+,31-,32+,33+,34+,35+,36+,37+,38-,39-,40-,41-,42-,43-,45-/m0/s1. The molecule has 0 aromatic heterocycles. The molecule has 0 saturated carbocycles. The van der Waals surface area contributed by atoms with Crippen LogP contribution >= 0.6 is 0 Å². The first-order valence-corrected chi connectivity index (χ1v) is 29.5. The number of carbonyl (C=O) groups excluding carboxylic acids is 3. The van der Waals surface area contributed by atoms with Gasteiger partial charge >= 0.3 is 26.8 Å². The molecule has 5 heterocycles. The van der Waals surface area contributed by atoms with Crippen molar-refractivity contribution in [3.05, 3.63) is 0 Å². The molecule has 5 saturated heterocycles. The van der Waals surface area contributed by atoms with Gasteiger partial charge in [-0.2, -0.15) is 16.8 Å². The van der Waals surface area contributed by atoms with Crippen molar-refractivity contribution >= 4 is 44.5 Å². The monoisotopic (exact) mass is 1350 g/mol. The van der Waals surface area contributed by atoms with Gasteiger partial charge in [0.25, 0.3) is 5.79 Å². The van der Waals surface area contributed by atoms with Gasteiger partial charge < -0.3 is 150 Å². The fourth-order valence-corrected chi connectivity index (χ4v) is 10.9. The lowest BCUT2D eigenvalue weighted by molar-refractivity contribution is -0.388. The van der Waals surface area contributed by atoms with Crippen molar-refractivity contribution < 1.29 is 188 Å². The van der Waals surface area contributed by atoms with E-state index in [9.17, 15) is 132 Å². The fraction of sp³-hybridized carbons (Fsp3) is 0.911. The summed E-state index contributed by atoms with van der Waals surface area (Å²) < 4.78 is 133. The van der Waals surface area contributed by atoms with Crippen molar-refractivity contribution in [3.63, 3.8) is 0 Å². The molecule has 89 heavy (non-hydrogen) atoms. The van der Waals surface area contributed by atoms with Crippen LogP contribution in [-0.2, 0) is 95.7 Å². The first-order chi connectivity index (χ1) is 41.3. The molecule has 0 radical (unpaired) electrons. The Morgan fingerprint density at radius 2 is 1.09 bits per heavy atom. The molecule has 5 aliphatic rings. The molecule has 3 amide bonds. The highest BCUT2D eigenvalue weighted by atomic mass is 32.3. The Morgan fingerprint density at radius 3 is 1.62 bits per heavy atom. The summed E-state index contributed by atoms with van der Waals surface area (Å²) in [7, 11) is -11.0. The van der Waals surface area contributed by atoms with Gasteiger partial charge in [0, 0.05) is 27.2 Å². The van der Waals surface area contributed by atoms with Crippen LogP contribution in [0.5, 0.6) is 0 Å². The van der Waals surface area contributed by atoms with Gasteiger partial charge in [-0.15, -0.1) is 0 Å². The molecule has 5 rings (SSSR count). The summed E-state index contributed by atoms with van der Waals surface area (Å²) >= 11 is 0. The first kappa shape index (κ1) is 76.3. The van der Waals surface area contributed by atoms with Crippen molar-refractivity contribution in [1.82, 2.24) is 16.0 Å². The van der Waals surface area contributed by atoms with E-state index in [1.54, 1.807) is 0 Å². The number of hydrogen-bond acceptors (Lipinski definition) is 36. The molecule has 0 unspecified atom stereocenters. The van der Waals surface area contributed by atoms with Crippen LogP contribution in [0.15, 0.2) is 0 Å². The van der Waals surface area contributed by atoms with Gasteiger partial charge in [0.2, 0.25) is 17.7 Å². The molecular weight excluding hydrogens is 1270 g/mol. The number of carboxylic acids is 1. The van der Waals surface area contributed by atoms with Crippen molar-refractivity contribution in [2.24, 2.45) is 0 Å². The van der Waals surface area contributed by atoms with E-state index in [4.69, 9.17) is 47.4 Å². The number of hydrogen-bond donors (Lipinski definition) is 22. The number of nitrogens with one attached hydrogen (secondary N) is 3. The molecule has 5 aliphatic heterocycles. The molecule has 5 fully saturated rings. The summed E-state index contributed by atoms with van der Waals surface area (Å²) in [6.45, 7) is -4.12. The Morgan fingerprint density at radius 1 is 0.573 bits per heavy atom. The number of carbonyl (C=O) groups is 4. The van der Waals surface area contributed by atoms with E-state index in [-0.39, 0.29) is 0 Å². The van der Waals surface area contributed by atoms with Crippen molar-refractivity contribution in [3.8, 4) is 0 Å². The number of rotatable bonds is 29. The van der Waals surface area contributed by atoms with Crippen LogP contribution < -0.4 is 16.0 Å². The minimum absolute atomic E-state index is 0.826. The van der Waals surface area contributed by atoms with Crippen LogP contribution in [0, 0.1) is 0 Å². The first-order valence-electron chi connectivity index (χ1n) is 26.8. The summed E-state index contributed by atoms with van der Waals surface area (Å²) in [6, 6.07) is -5.80. The smallest absolute Gasteiger partial charge is 0.397 e. The summed E-state index contributed by atoms with van der Waals surface area (Å²) in [5.41, 5.74) is 0. The van der Waals surface area contributed by atoms with Crippen LogP contribution in [0.1, 0.15) is 34.1 Å². The van der Waals surface area contributed by atoms with Gasteiger partial charge in [-0.25, -0.2) is 13.2 Å². The van der Waals surface area contributed by atoms with E-state index >= 15 is 0 Å². The van der Waals surface area contributed by atoms with E-state index in [2.05, 4.69) is 24.3 Å². The van der Waals surface area contributed by atoms with Crippen LogP contribution in [0.25, 0.3) is 0 Å². The zero-order chi connectivity index (χ0) is 67.1. The predicted octanol–water partition coefficient (Wildman–Crippen LogP) is -14.1. The lowest BCUT2D eigenvalue weighted by atomic mass is 9.88. The van der Waals surface area contributed by atoms with E-state index in [1.807, 2.05) is 0 Å². The maximum atomic E-state index is 13.1. The molecule has 44 heteroatoms. The summed E-state index contributed by atoms with van der Waals surface area (Å²) in [6.07, 6.45) is -60.0. The van der Waals surface area contributed by atoms with E-state index in [0.717, 1.165) is 20.8 Å². The highest BCUT2D eigenvalue weighted by Gasteiger charge is 2.61. The Hall–Kier alpha value is -3.42. The van der Waals surface area contributed by atoms with Crippen molar-refractivity contribution in [2.45, 2.75) is 217 Å². The zero-order valence-electron chi connectivity index (χ0n) is 47.2. The Bertz CT molecular complexity index is 2550. The van der Waals surface area contributed by atoms with Gasteiger partial charge in [0.05, 0.1) is 63.9 Å². The summed E-state index contributed by atoms with van der Waals surface area (Å²) in [5.74, 6) is -8.44. The molecule has 518 valence electrons. The Kier molecular flexibility index (Phi) is 27.6. The number of amides is 3. The van der Waals surface area contributed by atoms with Gasteiger partial charge in [0.15, 0.2) is 25.2 Å². The normalized spacial score (nSPS) is 40.2. The lowest BCUT2D eigenvalue weighted by Gasteiger charge is -2.51. The second-order valence-electron chi connectivity index (χ2n) is 21.2. The van der Waals surface area contributed by atoms with Crippen LogP contribution in [-0.4, -0.2) is 359 Å². The Labute approximate surface area is 504 Å². The van der Waals surface area contributed by atoms with Crippen LogP contribution in [0.2, 0.25) is 0 Å². The number of carboxylic acid groups (broad SMARTS) is 1. The molecule has 0 aromatic rings. The van der Waals surface area contributed by atoms with E-state index < -0.39 is 274 Å². The Balaban J connectivity index is 1.54. The fourth-order valence-electron chi connectivity index (χ4n) is 10.3. The summed E-state index contributed by atoms with van der Waals surface area (Å²) in [5, 5.41) is 193. The minimum Gasteiger partial charge on any atom is -0.477 e. The summed E-state index contributed by atoms with van der Waals surface area (Å²) in [4.78, 5) is 50.5. The molecule has 0 spiro atoms. The molecule has 0 bridgehead atoms. The van der Waals surface area contributed by atoms with Gasteiger partial charge in [-0.3, -0.25) is 23.5 Å². The van der Waals surface area contributed by atoms with Gasteiger partial charge in [-0.05, 0) is 6.92 Å². The second kappa shape index (κ2) is 32.1. The molecule has 0 aromatic carbocycles. The number of aliphatic hydroxyl groups is 16. The highest BCUT2D eigenvalue weighted by Crippen LogP contribution is 2.40. The average molecular weight is 1350 g/mol. The van der Waals surface area contributed by atoms with Crippen LogP contribution in [0.4, 0.5) is 0 Å². The average Bonchev–Trinajstić information content (AvgIpc) is 0.818. The number of aliphatic carboxylic acids is 1. The molecule has 30 atom stereocenters. The van der Waals surface area contributed by atoms with Gasteiger partial charge in [0.1, 0.15) is 128 Å². The van der Waals surface area contributed by atoms with Crippen molar-refractivity contribution in [1.29, 1.82) is 0 Å². The van der Waals surface area contributed by atoms with E-state index in [1.165, 1.54) is 6.92 Å². The predicted molar refractivity (Wildman–Crippen MR) is 273 cm³/mol. The number of ether oxygens (including phenoxy) is 10. The van der Waals surface area contributed by atoms with E-state index in [0.29, 0.717) is 0 Å². The lowest BCUT2D eigenvalue weighted by Crippen LogP contribution is -2.71. The minimum atomic E-state index is -5.55. The zero-order valence-corrected chi connectivity index (χ0v) is 48.8. The van der Waals surface area contributed by atoms with Crippen LogP contribution in [0.3, 0.4) is 0 Å². The highest BCUT2D eigenvalue weighted by molar-refractivity contribution is 7.81. The topological polar surface area (TPSA) is 668 Å². The van der Waals surface area contributed by atoms with Gasteiger partial charge in [-0.1, -0.05) is 0 Å². The molecular formula is C45H77N3O39S2.